The lowest BCUT2D eigenvalue weighted by Crippen LogP contribution is -2.31. The number of nitrogens with one attached hydrogen (secondary N) is 2. The number of thioether (sulfide) groups is 1. The minimum absolute atomic E-state index is 0.150. The van der Waals surface area contributed by atoms with E-state index in [-0.39, 0.29) is 11.7 Å². The lowest BCUT2D eigenvalue weighted by atomic mass is 10.3. The van der Waals surface area contributed by atoms with Gasteiger partial charge in [0.2, 0.25) is 5.91 Å². The molecule has 2 rings (SSSR count). The molecule has 0 aliphatic heterocycles. The standard InChI is InChI=1S/C13H13BrN4OS/c14-9-4-5-11(10(15)7-9)20-8-13(19)18-17-12-3-1-2-6-16-12/h1-7H,8,15H2,(H,16,17)(H,18,19). The quantitative estimate of drug-likeness (QED) is 0.438. The van der Waals surface area contributed by atoms with E-state index in [0.717, 1.165) is 9.37 Å². The van der Waals surface area contributed by atoms with E-state index in [9.17, 15) is 4.79 Å². The highest BCUT2D eigenvalue weighted by Gasteiger charge is 2.05. The molecule has 0 spiro atoms. The molecule has 4 N–H and O–H groups in total. The second kappa shape index (κ2) is 7.16. The first kappa shape index (κ1) is 14.7. The fourth-order valence-corrected chi connectivity index (χ4v) is 2.53. The van der Waals surface area contributed by atoms with Crippen LogP contribution in [0.4, 0.5) is 11.5 Å². The van der Waals surface area contributed by atoms with Crippen LogP contribution in [-0.2, 0) is 4.79 Å². The summed E-state index contributed by atoms with van der Waals surface area (Å²) in [7, 11) is 0. The van der Waals surface area contributed by atoms with E-state index in [4.69, 9.17) is 5.73 Å². The Morgan fingerprint density at radius 3 is 2.90 bits per heavy atom. The van der Waals surface area contributed by atoms with Gasteiger partial charge in [0, 0.05) is 21.3 Å². The largest absolute Gasteiger partial charge is 0.398 e. The summed E-state index contributed by atoms with van der Waals surface area (Å²) in [4.78, 5) is 16.6. The number of amides is 1. The van der Waals surface area contributed by atoms with Gasteiger partial charge in [-0.25, -0.2) is 4.98 Å². The van der Waals surface area contributed by atoms with Gasteiger partial charge in [-0.2, -0.15) is 0 Å². The van der Waals surface area contributed by atoms with Gasteiger partial charge in [-0.1, -0.05) is 22.0 Å². The highest BCUT2D eigenvalue weighted by molar-refractivity contribution is 9.10. The number of nitrogens with zero attached hydrogens (tertiary/aromatic N) is 1. The molecule has 1 amide bonds. The molecule has 20 heavy (non-hydrogen) atoms. The highest BCUT2D eigenvalue weighted by Crippen LogP contribution is 2.27. The van der Waals surface area contributed by atoms with Crippen molar-refractivity contribution in [2.45, 2.75) is 4.90 Å². The van der Waals surface area contributed by atoms with Gasteiger partial charge in [-0.3, -0.25) is 15.6 Å². The topological polar surface area (TPSA) is 80.0 Å². The van der Waals surface area contributed by atoms with Gasteiger partial charge in [0.05, 0.1) is 5.75 Å². The van der Waals surface area contributed by atoms with Crippen LogP contribution < -0.4 is 16.6 Å². The smallest absolute Gasteiger partial charge is 0.248 e. The van der Waals surface area contributed by atoms with Crippen LogP contribution in [0.1, 0.15) is 0 Å². The summed E-state index contributed by atoms with van der Waals surface area (Å²) < 4.78 is 0.917. The maximum absolute atomic E-state index is 11.7. The summed E-state index contributed by atoms with van der Waals surface area (Å²) in [5.41, 5.74) is 11.8. The molecule has 0 unspecified atom stereocenters. The third kappa shape index (κ3) is 4.43. The van der Waals surface area contributed by atoms with E-state index in [1.165, 1.54) is 11.8 Å². The molecule has 1 heterocycles. The van der Waals surface area contributed by atoms with E-state index in [0.29, 0.717) is 11.5 Å². The van der Waals surface area contributed by atoms with Crippen LogP contribution in [-0.4, -0.2) is 16.6 Å². The maximum Gasteiger partial charge on any atom is 0.248 e. The van der Waals surface area contributed by atoms with Crippen LogP contribution in [0, 0.1) is 0 Å². The molecule has 0 fully saturated rings. The van der Waals surface area contributed by atoms with Crippen LogP contribution in [0.15, 0.2) is 52.0 Å². The Morgan fingerprint density at radius 2 is 2.20 bits per heavy atom. The number of anilines is 2. The number of halogens is 1. The first-order valence-corrected chi connectivity index (χ1v) is 7.57. The van der Waals surface area contributed by atoms with Crippen molar-refractivity contribution in [1.29, 1.82) is 0 Å². The monoisotopic (exact) mass is 352 g/mol. The molecule has 1 aromatic carbocycles. The average molecular weight is 353 g/mol. The van der Waals surface area contributed by atoms with Gasteiger partial charge < -0.3 is 5.73 Å². The highest BCUT2D eigenvalue weighted by atomic mass is 79.9. The zero-order valence-corrected chi connectivity index (χ0v) is 12.9. The second-order valence-corrected chi connectivity index (χ2v) is 5.79. The molecular weight excluding hydrogens is 340 g/mol. The van der Waals surface area contributed by atoms with Crippen molar-refractivity contribution in [2.24, 2.45) is 0 Å². The first-order valence-electron chi connectivity index (χ1n) is 5.79. The molecule has 0 radical (unpaired) electrons. The van der Waals surface area contributed by atoms with Crippen molar-refractivity contribution in [3.8, 4) is 0 Å². The fourth-order valence-electron chi connectivity index (χ4n) is 1.40. The molecule has 0 aliphatic rings. The van der Waals surface area contributed by atoms with Gasteiger partial charge in [0.15, 0.2) is 0 Å². The lowest BCUT2D eigenvalue weighted by molar-refractivity contribution is -0.118. The van der Waals surface area contributed by atoms with E-state index < -0.39 is 0 Å². The number of carbonyl (C=O) groups excluding carboxylic acids is 1. The van der Waals surface area contributed by atoms with Crippen LogP contribution >= 0.6 is 27.7 Å². The normalized spacial score (nSPS) is 10.1. The molecule has 2 aromatic rings. The van der Waals surface area contributed by atoms with Crippen molar-refractivity contribution in [1.82, 2.24) is 10.4 Å². The molecule has 0 bridgehead atoms. The molecule has 0 saturated carbocycles. The number of hydrazine groups is 1. The summed E-state index contributed by atoms with van der Waals surface area (Å²) in [5.74, 6) is 0.711. The number of benzene rings is 1. The van der Waals surface area contributed by atoms with Crippen molar-refractivity contribution in [2.75, 3.05) is 16.9 Å². The Balaban J connectivity index is 1.80. The summed E-state index contributed by atoms with van der Waals surface area (Å²) in [6.45, 7) is 0. The zero-order valence-electron chi connectivity index (χ0n) is 10.5. The molecular formula is C13H13BrN4OS. The van der Waals surface area contributed by atoms with E-state index in [1.54, 1.807) is 18.3 Å². The van der Waals surface area contributed by atoms with Gasteiger partial charge >= 0.3 is 0 Å². The molecule has 104 valence electrons. The van der Waals surface area contributed by atoms with Crippen molar-refractivity contribution in [3.63, 3.8) is 0 Å². The minimum atomic E-state index is -0.150. The maximum atomic E-state index is 11.7. The summed E-state index contributed by atoms with van der Waals surface area (Å²) >= 11 is 4.72. The third-order valence-electron chi connectivity index (χ3n) is 2.33. The number of pyridine rings is 1. The Labute approximate surface area is 129 Å². The number of rotatable bonds is 5. The summed E-state index contributed by atoms with van der Waals surface area (Å²) in [5, 5.41) is 0. The molecule has 0 atom stereocenters. The third-order valence-corrected chi connectivity index (χ3v) is 3.91. The molecule has 0 saturated heterocycles. The van der Waals surface area contributed by atoms with Crippen molar-refractivity contribution in [3.05, 3.63) is 47.1 Å². The summed E-state index contributed by atoms with van der Waals surface area (Å²) in [6.07, 6.45) is 1.64. The Bertz CT molecular complexity index is 594. The SMILES string of the molecule is Nc1cc(Br)ccc1SCC(=O)NNc1ccccn1. The minimum Gasteiger partial charge on any atom is -0.398 e. The van der Waals surface area contributed by atoms with Gasteiger partial charge in [0.25, 0.3) is 0 Å². The van der Waals surface area contributed by atoms with E-state index in [1.807, 2.05) is 24.3 Å². The number of hydrogen-bond acceptors (Lipinski definition) is 5. The zero-order chi connectivity index (χ0) is 14.4. The van der Waals surface area contributed by atoms with Gasteiger partial charge in [-0.15, -0.1) is 11.8 Å². The molecule has 0 aliphatic carbocycles. The predicted octanol–water partition coefficient (Wildman–Crippen LogP) is 2.66. The Hall–Kier alpha value is -1.73. The number of nitrogens with two attached hydrogens (primary N) is 1. The summed E-state index contributed by atoms with van der Waals surface area (Å²) in [6, 6.07) is 11.0. The Kier molecular flexibility index (Phi) is 5.25. The van der Waals surface area contributed by atoms with E-state index >= 15 is 0 Å². The van der Waals surface area contributed by atoms with E-state index in [2.05, 4.69) is 31.8 Å². The molecule has 5 nitrogen and oxygen atoms in total. The van der Waals surface area contributed by atoms with Crippen LogP contribution in [0.25, 0.3) is 0 Å². The van der Waals surface area contributed by atoms with Crippen molar-refractivity contribution >= 4 is 45.1 Å². The number of hydrogen-bond donors (Lipinski definition) is 3. The predicted molar refractivity (Wildman–Crippen MR) is 85.3 cm³/mol. The number of nitrogen functional groups attached to an aromatic ring is 1. The molecule has 1 aromatic heterocycles. The second-order valence-electron chi connectivity index (χ2n) is 3.86. The van der Waals surface area contributed by atoms with Crippen LogP contribution in [0.5, 0.6) is 0 Å². The molecule has 7 heteroatoms. The lowest BCUT2D eigenvalue weighted by Gasteiger charge is -2.08. The van der Waals surface area contributed by atoms with Crippen LogP contribution in [0.3, 0.4) is 0 Å². The fraction of sp³-hybridized carbons (Fsp3) is 0.0769. The van der Waals surface area contributed by atoms with Gasteiger partial charge in [0.1, 0.15) is 5.82 Å². The number of carbonyl (C=O) groups is 1. The Morgan fingerprint density at radius 1 is 1.35 bits per heavy atom. The average Bonchev–Trinajstić information content (AvgIpc) is 2.45. The van der Waals surface area contributed by atoms with Crippen molar-refractivity contribution < 1.29 is 4.79 Å². The first-order chi connectivity index (χ1) is 9.65. The van der Waals surface area contributed by atoms with Gasteiger partial charge in [-0.05, 0) is 30.3 Å². The number of aromatic nitrogens is 1. The van der Waals surface area contributed by atoms with Crippen LogP contribution in [0.2, 0.25) is 0 Å².